The first-order valence-corrected chi connectivity index (χ1v) is 6.19. The molecule has 1 rings (SSSR count). The van der Waals surface area contributed by atoms with E-state index in [1.165, 1.54) is 6.92 Å². The van der Waals surface area contributed by atoms with E-state index in [0.717, 1.165) is 5.56 Å². The standard InChI is InChI=1S/C14H17N3O3/c1-3-14(2,12(18)19)17-13(20)16-11-6-4-10(5-7-11)8-9-15/h4-7H,3,8H2,1-2H3,(H,18,19)(H2,16,17,20). The minimum Gasteiger partial charge on any atom is -0.480 e. The van der Waals surface area contributed by atoms with Gasteiger partial charge in [0.25, 0.3) is 0 Å². The van der Waals surface area contributed by atoms with E-state index in [9.17, 15) is 9.59 Å². The number of nitrogens with zero attached hydrogens (tertiary/aromatic N) is 1. The first-order valence-electron chi connectivity index (χ1n) is 6.19. The maximum absolute atomic E-state index is 11.8. The Morgan fingerprint density at radius 1 is 1.35 bits per heavy atom. The average molecular weight is 275 g/mol. The number of carbonyl (C=O) groups is 2. The summed E-state index contributed by atoms with van der Waals surface area (Å²) in [7, 11) is 0. The molecule has 3 N–H and O–H groups in total. The number of hydrogen-bond acceptors (Lipinski definition) is 3. The highest BCUT2D eigenvalue weighted by Crippen LogP contribution is 2.12. The van der Waals surface area contributed by atoms with Crippen LogP contribution in [0.4, 0.5) is 10.5 Å². The first kappa shape index (κ1) is 15.5. The number of carboxylic acids is 1. The van der Waals surface area contributed by atoms with Crippen molar-refractivity contribution in [2.75, 3.05) is 5.32 Å². The zero-order chi connectivity index (χ0) is 15.2. The van der Waals surface area contributed by atoms with Gasteiger partial charge in [-0.15, -0.1) is 0 Å². The van der Waals surface area contributed by atoms with E-state index in [4.69, 9.17) is 10.4 Å². The van der Waals surface area contributed by atoms with Crippen LogP contribution in [0.2, 0.25) is 0 Å². The molecule has 0 aliphatic carbocycles. The van der Waals surface area contributed by atoms with Crippen molar-refractivity contribution in [3.8, 4) is 6.07 Å². The molecule has 0 aliphatic rings. The Bertz CT molecular complexity index is 534. The molecule has 0 bridgehead atoms. The average Bonchev–Trinajstić information content (AvgIpc) is 2.40. The minimum atomic E-state index is -1.30. The molecule has 6 nitrogen and oxygen atoms in total. The molecule has 1 atom stereocenters. The van der Waals surface area contributed by atoms with Gasteiger partial charge in [-0.2, -0.15) is 5.26 Å². The molecule has 6 heteroatoms. The predicted octanol–water partition coefficient (Wildman–Crippen LogP) is 2.13. The van der Waals surface area contributed by atoms with Crippen LogP contribution in [-0.2, 0) is 11.2 Å². The highest BCUT2D eigenvalue weighted by Gasteiger charge is 2.32. The van der Waals surface area contributed by atoms with Gasteiger partial charge >= 0.3 is 12.0 Å². The Kier molecular flexibility index (Phi) is 5.09. The Morgan fingerprint density at radius 3 is 2.40 bits per heavy atom. The molecule has 0 aromatic heterocycles. The van der Waals surface area contributed by atoms with Gasteiger partial charge in [0, 0.05) is 5.69 Å². The van der Waals surface area contributed by atoms with Crippen molar-refractivity contribution < 1.29 is 14.7 Å². The molecule has 0 saturated carbocycles. The SMILES string of the molecule is CCC(C)(NC(=O)Nc1ccc(CC#N)cc1)C(=O)O. The number of nitrogens with one attached hydrogen (secondary N) is 2. The van der Waals surface area contributed by atoms with Crippen LogP contribution >= 0.6 is 0 Å². The molecule has 2 amide bonds. The Labute approximate surface area is 117 Å². The molecular formula is C14H17N3O3. The van der Waals surface area contributed by atoms with E-state index in [0.29, 0.717) is 12.1 Å². The summed E-state index contributed by atoms with van der Waals surface area (Å²) in [4.78, 5) is 22.8. The van der Waals surface area contributed by atoms with Gasteiger partial charge < -0.3 is 15.7 Å². The molecule has 0 heterocycles. The third kappa shape index (κ3) is 3.99. The van der Waals surface area contributed by atoms with Crippen molar-refractivity contribution in [3.05, 3.63) is 29.8 Å². The lowest BCUT2D eigenvalue weighted by molar-refractivity contribution is -0.143. The molecule has 0 spiro atoms. The van der Waals surface area contributed by atoms with Crippen molar-refractivity contribution in [3.63, 3.8) is 0 Å². The maximum Gasteiger partial charge on any atom is 0.329 e. The van der Waals surface area contributed by atoms with Crippen LogP contribution in [0.5, 0.6) is 0 Å². The molecule has 106 valence electrons. The second-order valence-electron chi connectivity index (χ2n) is 4.60. The lowest BCUT2D eigenvalue weighted by Gasteiger charge is -2.24. The summed E-state index contributed by atoms with van der Waals surface area (Å²) in [5, 5.41) is 22.6. The van der Waals surface area contributed by atoms with E-state index >= 15 is 0 Å². The van der Waals surface area contributed by atoms with E-state index in [1.54, 1.807) is 31.2 Å². The number of nitriles is 1. The van der Waals surface area contributed by atoms with Gasteiger partial charge in [-0.1, -0.05) is 19.1 Å². The molecule has 1 aromatic carbocycles. The third-order valence-electron chi connectivity index (χ3n) is 3.06. The van der Waals surface area contributed by atoms with Crippen molar-refractivity contribution in [1.82, 2.24) is 5.32 Å². The predicted molar refractivity (Wildman–Crippen MR) is 74.2 cm³/mol. The van der Waals surface area contributed by atoms with Gasteiger partial charge in [0.15, 0.2) is 0 Å². The third-order valence-corrected chi connectivity index (χ3v) is 3.06. The van der Waals surface area contributed by atoms with Crippen LogP contribution < -0.4 is 10.6 Å². The smallest absolute Gasteiger partial charge is 0.329 e. The molecular weight excluding hydrogens is 258 g/mol. The normalized spacial score (nSPS) is 12.8. The number of hydrogen-bond donors (Lipinski definition) is 3. The molecule has 0 radical (unpaired) electrons. The summed E-state index contributed by atoms with van der Waals surface area (Å²) in [6, 6.07) is 8.24. The fourth-order valence-corrected chi connectivity index (χ4v) is 1.50. The van der Waals surface area contributed by atoms with E-state index in [-0.39, 0.29) is 6.42 Å². The van der Waals surface area contributed by atoms with Gasteiger partial charge in [-0.05, 0) is 31.0 Å². The molecule has 0 aliphatic heterocycles. The Morgan fingerprint density at radius 2 is 1.95 bits per heavy atom. The quantitative estimate of drug-likeness (QED) is 0.765. The number of carbonyl (C=O) groups excluding carboxylic acids is 1. The van der Waals surface area contributed by atoms with Crippen LogP contribution in [0.15, 0.2) is 24.3 Å². The minimum absolute atomic E-state index is 0.275. The number of carboxylic acid groups (broad SMARTS) is 1. The molecule has 20 heavy (non-hydrogen) atoms. The molecule has 0 saturated heterocycles. The topological polar surface area (TPSA) is 102 Å². The van der Waals surface area contributed by atoms with Gasteiger partial charge in [-0.25, -0.2) is 9.59 Å². The zero-order valence-electron chi connectivity index (χ0n) is 11.4. The first-order chi connectivity index (χ1) is 9.41. The van der Waals surface area contributed by atoms with Crippen molar-refractivity contribution in [2.24, 2.45) is 0 Å². The van der Waals surface area contributed by atoms with E-state index in [2.05, 4.69) is 10.6 Å². The van der Waals surface area contributed by atoms with Gasteiger partial charge in [0.05, 0.1) is 12.5 Å². The Hall–Kier alpha value is -2.55. The van der Waals surface area contributed by atoms with Crippen LogP contribution in [0.25, 0.3) is 0 Å². The number of urea groups is 1. The maximum atomic E-state index is 11.8. The zero-order valence-corrected chi connectivity index (χ0v) is 11.4. The lowest BCUT2D eigenvalue weighted by Crippen LogP contribution is -2.53. The highest BCUT2D eigenvalue weighted by molar-refractivity contribution is 5.93. The number of amides is 2. The second-order valence-corrected chi connectivity index (χ2v) is 4.60. The highest BCUT2D eigenvalue weighted by atomic mass is 16.4. The van der Waals surface area contributed by atoms with Crippen molar-refractivity contribution in [2.45, 2.75) is 32.2 Å². The van der Waals surface area contributed by atoms with Gasteiger partial charge in [0.1, 0.15) is 5.54 Å². The summed E-state index contributed by atoms with van der Waals surface area (Å²) in [6.45, 7) is 3.13. The van der Waals surface area contributed by atoms with Gasteiger partial charge in [0.2, 0.25) is 0 Å². The second kappa shape index (κ2) is 6.57. The molecule has 1 aromatic rings. The van der Waals surface area contributed by atoms with Gasteiger partial charge in [-0.3, -0.25) is 0 Å². The summed E-state index contributed by atoms with van der Waals surface area (Å²) in [5.74, 6) is -1.08. The molecule has 1 unspecified atom stereocenters. The van der Waals surface area contributed by atoms with Crippen molar-refractivity contribution >= 4 is 17.7 Å². The van der Waals surface area contributed by atoms with E-state index in [1.807, 2.05) is 6.07 Å². The summed E-state index contributed by atoms with van der Waals surface area (Å²) < 4.78 is 0. The number of rotatable bonds is 5. The van der Waals surface area contributed by atoms with Crippen LogP contribution in [0, 0.1) is 11.3 Å². The van der Waals surface area contributed by atoms with Crippen LogP contribution in [-0.4, -0.2) is 22.6 Å². The van der Waals surface area contributed by atoms with E-state index < -0.39 is 17.5 Å². The Balaban J connectivity index is 2.67. The largest absolute Gasteiger partial charge is 0.480 e. The summed E-state index contributed by atoms with van der Waals surface area (Å²) >= 11 is 0. The number of benzene rings is 1. The number of aliphatic carboxylic acids is 1. The van der Waals surface area contributed by atoms with Crippen LogP contribution in [0.3, 0.4) is 0 Å². The lowest BCUT2D eigenvalue weighted by atomic mass is 10.00. The fourth-order valence-electron chi connectivity index (χ4n) is 1.50. The molecule has 0 fully saturated rings. The van der Waals surface area contributed by atoms with Crippen LogP contribution in [0.1, 0.15) is 25.8 Å². The summed E-state index contributed by atoms with van der Waals surface area (Å²) in [5.41, 5.74) is 0.0839. The van der Waals surface area contributed by atoms with Crippen molar-refractivity contribution in [1.29, 1.82) is 5.26 Å². The summed E-state index contributed by atoms with van der Waals surface area (Å²) in [6.07, 6.45) is 0.580. The number of anilines is 1. The monoisotopic (exact) mass is 275 g/mol. The fraction of sp³-hybridized carbons (Fsp3) is 0.357.